The maximum absolute atomic E-state index is 13.6. The number of carboxylic acids is 1. The lowest BCUT2D eigenvalue weighted by molar-refractivity contribution is -0.143. The highest BCUT2D eigenvalue weighted by molar-refractivity contribution is 5.93. The summed E-state index contributed by atoms with van der Waals surface area (Å²) in [5.74, 6) is -2.80. The smallest absolute Gasteiger partial charge is 0.408 e. The minimum absolute atomic E-state index is 0.0459. The molecule has 0 heterocycles. The number of amides is 2. The molecule has 0 aliphatic heterocycles. The summed E-state index contributed by atoms with van der Waals surface area (Å²) in [5.41, 5.74) is 0.887. The van der Waals surface area contributed by atoms with E-state index in [4.69, 9.17) is 4.74 Å². The first-order valence-corrected chi connectivity index (χ1v) is 11.8. The van der Waals surface area contributed by atoms with Gasteiger partial charge in [0.1, 0.15) is 18.2 Å². The molecule has 0 saturated heterocycles. The first kappa shape index (κ1) is 26.5. The van der Waals surface area contributed by atoms with E-state index in [0.29, 0.717) is 0 Å². The quantitative estimate of drug-likeness (QED) is 0.383. The molecule has 3 aromatic carbocycles. The van der Waals surface area contributed by atoms with E-state index in [9.17, 15) is 19.5 Å². The number of benzene rings is 3. The van der Waals surface area contributed by atoms with Gasteiger partial charge in [0, 0.05) is 5.92 Å². The van der Waals surface area contributed by atoms with Gasteiger partial charge in [-0.1, -0.05) is 105 Å². The van der Waals surface area contributed by atoms with Gasteiger partial charge in [0.25, 0.3) is 0 Å². The molecule has 3 rings (SSSR count). The lowest BCUT2D eigenvalue weighted by Gasteiger charge is -2.35. The van der Waals surface area contributed by atoms with Gasteiger partial charge in [0.15, 0.2) is 0 Å². The number of hydrogen-bond acceptors (Lipinski definition) is 4. The van der Waals surface area contributed by atoms with Crippen LogP contribution in [0.15, 0.2) is 91.0 Å². The second-order valence-corrected chi connectivity index (χ2v) is 9.13. The van der Waals surface area contributed by atoms with Crippen LogP contribution >= 0.6 is 0 Å². The summed E-state index contributed by atoms with van der Waals surface area (Å²) >= 11 is 0. The molecule has 1 unspecified atom stereocenters. The maximum Gasteiger partial charge on any atom is 0.408 e. The number of hydrogen-bond donors (Lipinski definition) is 3. The Bertz CT molecular complexity index is 1110. The lowest BCUT2D eigenvalue weighted by Crippen LogP contribution is -2.63. The first-order chi connectivity index (χ1) is 17.2. The number of carbonyl (C=O) groups is 3. The number of alkyl carbamates (subject to hydrolysis) is 1. The Morgan fingerprint density at radius 1 is 0.833 bits per heavy atom. The van der Waals surface area contributed by atoms with E-state index in [2.05, 4.69) is 10.6 Å². The monoisotopic (exact) mass is 488 g/mol. The Morgan fingerprint density at radius 2 is 1.31 bits per heavy atom. The van der Waals surface area contributed by atoms with E-state index in [0.717, 1.165) is 16.7 Å². The summed E-state index contributed by atoms with van der Waals surface area (Å²) in [6, 6.07) is 26.3. The minimum atomic E-state index is -1.42. The highest BCUT2D eigenvalue weighted by Crippen LogP contribution is 2.29. The van der Waals surface area contributed by atoms with Gasteiger partial charge in [-0.05, 0) is 29.5 Å². The summed E-state index contributed by atoms with van der Waals surface area (Å²) < 4.78 is 5.32. The molecule has 0 aromatic heterocycles. The molecule has 0 aliphatic carbocycles. The van der Waals surface area contributed by atoms with Crippen LogP contribution in [-0.2, 0) is 20.9 Å². The molecule has 36 heavy (non-hydrogen) atoms. The van der Waals surface area contributed by atoms with Crippen molar-refractivity contribution in [2.24, 2.45) is 5.92 Å². The van der Waals surface area contributed by atoms with Crippen LogP contribution in [0.4, 0.5) is 4.79 Å². The Balaban J connectivity index is 1.84. The third-order valence-electron chi connectivity index (χ3n) is 6.40. The SMILES string of the molecule is CC(C)[C@](C)(NC(=O)OCc1ccccc1)C(=O)NC(C(=O)O)C(c1ccccc1)c1ccccc1. The fourth-order valence-electron chi connectivity index (χ4n) is 3.91. The van der Waals surface area contributed by atoms with E-state index in [1.54, 1.807) is 20.8 Å². The van der Waals surface area contributed by atoms with Crippen LogP contribution in [0, 0.1) is 5.92 Å². The molecule has 0 aliphatic rings. The molecule has 2 atom stereocenters. The van der Waals surface area contributed by atoms with Gasteiger partial charge in [-0.2, -0.15) is 0 Å². The number of carboxylic acid groups (broad SMARTS) is 1. The van der Waals surface area contributed by atoms with Crippen molar-refractivity contribution in [3.05, 3.63) is 108 Å². The lowest BCUT2D eigenvalue weighted by atomic mass is 9.83. The van der Waals surface area contributed by atoms with Crippen LogP contribution in [-0.4, -0.2) is 34.7 Å². The average Bonchev–Trinajstić information content (AvgIpc) is 2.88. The number of aliphatic carboxylic acids is 1. The molecular weight excluding hydrogens is 456 g/mol. The summed E-state index contributed by atoms with van der Waals surface area (Å²) in [6.07, 6.45) is -0.764. The number of carbonyl (C=O) groups excluding carboxylic acids is 2. The van der Waals surface area contributed by atoms with Gasteiger partial charge in [0.05, 0.1) is 0 Å². The molecule has 0 radical (unpaired) electrons. The number of nitrogens with one attached hydrogen (secondary N) is 2. The molecule has 188 valence electrons. The zero-order valence-electron chi connectivity index (χ0n) is 20.7. The standard InChI is InChI=1S/C29H32N2O5/c1-20(2)29(3,31-28(35)36-19-21-13-7-4-8-14-21)27(34)30-25(26(32)33)24(22-15-9-5-10-16-22)23-17-11-6-12-18-23/h4-18,20,24-25H,19H2,1-3H3,(H,30,34)(H,31,35)(H,32,33)/t25?,29-/m0/s1. The van der Waals surface area contributed by atoms with Crippen LogP contribution in [0.1, 0.15) is 43.4 Å². The predicted molar refractivity (Wildman–Crippen MR) is 137 cm³/mol. The zero-order valence-corrected chi connectivity index (χ0v) is 20.7. The van der Waals surface area contributed by atoms with Crippen LogP contribution < -0.4 is 10.6 Å². The number of ether oxygens (including phenoxy) is 1. The van der Waals surface area contributed by atoms with Crippen LogP contribution in [0.25, 0.3) is 0 Å². The van der Waals surface area contributed by atoms with Crippen molar-refractivity contribution in [2.75, 3.05) is 0 Å². The Labute approximate surface area is 211 Å². The first-order valence-electron chi connectivity index (χ1n) is 11.8. The zero-order chi connectivity index (χ0) is 26.1. The van der Waals surface area contributed by atoms with Crippen LogP contribution in [0.2, 0.25) is 0 Å². The van der Waals surface area contributed by atoms with Crippen molar-refractivity contribution < 1.29 is 24.2 Å². The fraction of sp³-hybridized carbons (Fsp3) is 0.276. The van der Waals surface area contributed by atoms with Crippen molar-refractivity contribution in [3.8, 4) is 0 Å². The molecular formula is C29H32N2O5. The van der Waals surface area contributed by atoms with Crippen molar-refractivity contribution >= 4 is 18.0 Å². The van der Waals surface area contributed by atoms with Crippen molar-refractivity contribution in [3.63, 3.8) is 0 Å². The second-order valence-electron chi connectivity index (χ2n) is 9.13. The average molecular weight is 489 g/mol. The number of rotatable bonds is 10. The molecule has 3 aromatic rings. The molecule has 7 nitrogen and oxygen atoms in total. The van der Waals surface area contributed by atoms with E-state index in [-0.39, 0.29) is 12.5 Å². The van der Waals surface area contributed by atoms with E-state index in [1.807, 2.05) is 91.0 Å². The Hall–Kier alpha value is -4.13. The van der Waals surface area contributed by atoms with Gasteiger partial charge in [-0.25, -0.2) is 9.59 Å². The van der Waals surface area contributed by atoms with Gasteiger partial charge < -0.3 is 20.5 Å². The minimum Gasteiger partial charge on any atom is -0.480 e. The van der Waals surface area contributed by atoms with Gasteiger partial charge in [-0.3, -0.25) is 4.79 Å². The van der Waals surface area contributed by atoms with Crippen molar-refractivity contribution in [1.82, 2.24) is 10.6 Å². The van der Waals surface area contributed by atoms with Crippen molar-refractivity contribution in [2.45, 2.75) is 44.9 Å². The summed E-state index contributed by atoms with van der Waals surface area (Å²) in [5, 5.41) is 15.6. The molecule has 3 N–H and O–H groups in total. The predicted octanol–water partition coefficient (Wildman–Crippen LogP) is 4.73. The van der Waals surface area contributed by atoms with Gasteiger partial charge in [-0.15, -0.1) is 0 Å². The van der Waals surface area contributed by atoms with E-state index < -0.39 is 35.5 Å². The Kier molecular flexibility index (Phi) is 8.84. The normalized spacial score (nSPS) is 13.5. The summed E-state index contributed by atoms with van der Waals surface area (Å²) in [4.78, 5) is 38.6. The highest BCUT2D eigenvalue weighted by Gasteiger charge is 2.42. The van der Waals surface area contributed by atoms with Gasteiger partial charge in [0.2, 0.25) is 5.91 Å². The molecule has 7 heteroatoms. The molecule has 0 fully saturated rings. The third-order valence-corrected chi connectivity index (χ3v) is 6.40. The van der Waals surface area contributed by atoms with Crippen LogP contribution in [0.5, 0.6) is 0 Å². The molecule has 0 spiro atoms. The van der Waals surface area contributed by atoms with Gasteiger partial charge >= 0.3 is 12.1 Å². The Morgan fingerprint density at radius 3 is 1.75 bits per heavy atom. The second kappa shape index (κ2) is 12.0. The molecule has 0 bridgehead atoms. The summed E-state index contributed by atoms with van der Waals surface area (Å²) in [7, 11) is 0. The topological polar surface area (TPSA) is 105 Å². The van der Waals surface area contributed by atoms with E-state index >= 15 is 0 Å². The maximum atomic E-state index is 13.6. The molecule has 2 amide bonds. The molecule has 0 saturated carbocycles. The third kappa shape index (κ3) is 6.50. The highest BCUT2D eigenvalue weighted by atomic mass is 16.5. The van der Waals surface area contributed by atoms with Crippen molar-refractivity contribution in [1.29, 1.82) is 0 Å². The van der Waals surface area contributed by atoms with E-state index in [1.165, 1.54) is 0 Å². The largest absolute Gasteiger partial charge is 0.480 e. The fourth-order valence-corrected chi connectivity index (χ4v) is 3.91. The van der Waals surface area contributed by atoms with Crippen LogP contribution in [0.3, 0.4) is 0 Å². The summed E-state index contributed by atoms with van der Waals surface area (Å²) in [6.45, 7) is 5.16.